The molecule has 2 rings (SSSR count). The molecule has 0 spiro atoms. The monoisotopic (exact) mass is 394 g/mol. The number of amides is 4. The lowest BCUT2D eigenvalue weighted by atomic mass is 9.86. The van der Waals surface area contributed by atoms with Crippen LogP contribution in [0, 0.1) is 11.8 Å². The normalized spacial score (nSPS) is 27.9. The molecule has 0 radical (unpaired) electrons. The molecule has 162 valence electrons. The lowest BCUT2D eigenvalue weighted by Gasteiger charge is -2.36. The fourth-order valence-electron chi connectivity index (χ4n) is 5.23. The highest BCUT2D eigenvalue weighted by atomic mass is 16.2. The molecule has 2 aliphatic rings. The molecule has 0 aliphatic heterocycles. The van der Waals surface area contributed by atoms with Crippen LogP contribution >= 0.6 is 0 Å². The van der Waals surface area contributed by atoms with E-state index in [0.717, 1.165) is 64.5 Å². The highest BCUT2D eigenvalue weighted by molar-refractivity contribution is 5.72. The summed E-state index contributed by atoms with van der Waals surface area (Å²) in [7, 11) is 0. The summed E-state index contributed by atoms with van der Waals surface area (Å²) in [6, 6.07) is 0.0932. The number of nitrogens with zero attached hydrogens (tertiary/aromatic N) is 2. The summed E-state index contributed by atoms with van der Waals surface area (Å²) in [4.78, 5) is 27.6. The van der Waals surface area contributed by atoms with E-state index in [2.05, 4.69) is 13.8 Å². The van der Waals surface area contributed by atoms with E-state index in [1.165, 1.54) is 25.7 Å². The molecule has 0 bridgehead atoms. The summed E-state index contributed by atoms with van der Waals surface area (Å²) in [5.74, 6) is 1.37. The molecule has 2 aliphatic carbocycles. The van der Waals surface area contributed by atoms with Crippen LogP contribution in [-0.2, 0) is 0 Å². The Morgan fingerprint density at radius 3 is 1.43 bits per heavy atom. The third-order valence-electron chi connectivity index (χ3n) is 6.81. The van der Waals surface area contributed by atoms with Crippen molar-refractivity contribution in [1.29, 1.82) is 0 Å². The van der Waals surface area contributed by atoms with Crippen LogP contribution in [0.4, 0.5) is 9.59 Å². The number of primary amides is 2. The van der Waals surface area contributed by atoms with Crippen molar-refractivity contribution in [3.63, 3.8) is 0 Å². The van der Waals surface area contributed by atoms with E-state index in [1.54, 1.807) is 0 Å². The molecule has 2 fully saturated rings. The number of carbonyl (C=O) groups excluding carboxylic acids is 2. The fraction of sp³-hybridized carbons (Fsp3) is 0.909. The maximum atomic E-state index is 11.9. The van der Waals surface area contributed by atoms with Gasteiger partial charge in [0, 0.05) is 25.2 Å². The summed E-state index contributed by atoms with van der Waals surface area (Å²) in [5.41, 5.74) is 11.3. The molecule has 4 amide bonds. The molecule has 4 atom stereocenters. The van der Waals surface area contributed by atoms with Gasteiger partial charge in [0.15, 0.2) is 0 Å². The smallest absolute Gasteiger partial charge is 0.315 e. The van der Waals surface area contributed by atoms with Gasteiger partial charge in [-0.25, -0.2) is 9.59 Å². The quantitative estimate of drug-likeness (QED) is 0.565. The van der Waals surface area contributed by atoms with Crippen LogP contribution in [0.3, 0.4) is 0 Å². The summed E-state index contributed by atoms with van der Waals surface area (Å²) in [6.45, 7) is 6.05. The Morgan fingerprint density at radius 2 is 1.11 bits per heavy atom. The van der Waals surface area contributed by atoms with Crippen molar-refractivity contribution < 1.29 is 9.59 Å². The van der Waals surface area contributed by atoms with Gasteiger partial charge < -0.3 is 21.3 Å². The maximum Gasteiger partial charge on any atom is 0.315 e. The van der Waals surface area contributed by atoms with Crippen molar-refractivity contribution in [3.8, 4) is 0 Å². The van der Waals surface area contributed by atoms with Crippen LogP contribution in [0.25, 0.3) is 0 Å². The van der Waals surface area contributed by atoms with Gasteiger partial charge in [-0.05, 0) is 50.4 Å². The molecule has 28 heavy (non-hydrogen) atoms. The molecule has 4 unspecified atom stereocenters. The van der Waals surface area contributed by atoms with Crippen molar-refractivity contribution >= 4 is 12.1 Å². The second kappa shape index (κ2) is 11.5. The van der Waals surface area contributed by atoms with Crippen LogP contribution in [0.2, 0.25) is 0 Å². The fourth-order valence-corrected chi connectivity index (χ4v) is 5.23. The van der Waals surface area contributed by atoms with Gasteiger partial charge in [-0.15, -0.1) is 0 Å². The Morgan fingerprint density at radius 1 is 0.714 bits per heavy atom. The van der Waals surface area contributed by atoms with E-state index in [1.807, 2.05) is 9.80 Å². The molecule has 2 saturated carbocycles. The molecule has 0 aromatic rings. The predicted molar refractivity (Wildman–Crippen MR) is 114 cm³/mol. The average molecular weight is 395 g/mol. The van der Waals surface area contributed by atoms with Crippen molar-refractivity contribution in [2.24, 2.45) is 23.3 Å². The Kier molecular flexibility index (Phi) is 9.39. The van der Waals surface area contributed by atoms with Gasteiger partial charge in [-0.3, -0.25) is 0 Å². The zero-order valence-electron chi connectivity index (χ0n) is 18.1. The van der Waals surface area contributed by atoms with E-state index in [4.69, 9.17) is 11.5 Å². The summed E-state index contributed by atoms with van der Waals surface area (Å²) >= 11 is 0. The lowest BCUT2D eigenvalue weighted by Crippen LogP contribution is -2.46. The Bertz CT molecular complexity index is 455. The number of hydrogen-bond acceptors (Lipinski definition) is 2. The number of hydrogen-bond donors (Lipinski definition) is 2. The van der Waals surface area contributed by atoms with Gasteiger partial charge in [0.1, 0.15) is 0 Å². The zero-order valence-corrected chi connectivity index (χ0v) is 18.1. The Hall–Kier alpha value is -1.46. The van der Waals surface area contributed by atoms with Gasteiger partial charge >= 0.3 is 12.1 Å². The number of nitrogens with two attached hydrogens (primary N) is 2. The van der Waals surface area contributed by atoms with Crippen LogP contribution in [0.5, 0.6) is 0 Å². The summed E-state index contributed by atoms with van der Waals surface area (Å²) in [6.07, 6.45) is 13.3. The van der Waals surface area contributed by atoms with Crippen LogP contribution in [-0.4, -0.2) is 47.0 Å². The van der Waals surface area contributed by atoms with Crippen molar-refractivity contribution in [1.82, 2.24) is 9.80 Å². The lowest BCUT2D eigenvalue weighted by molar-refractivity contribution is 0.143. The van der Waals surface area contributed by atoms with Crippen molar-refractivity contribution in [2.45, 2.75) is 103 Å². The molecule has 0 saturated heterocycles. The highest BCUT2D eigenvalue weighted by Gasteiger charge is 2.27. The minimum atomic E-state index is -0.273. The number of unbranched alkanes of at least 4 members (excludes halogenated alkanes) is 3. The first-order chi connectivity index (χ1) is 13.4. The topological polar surface area (TPSA) is 92.7 Å². The Balaban J connectivity index is 1.67. The third kappa shape index (κ3) is 7.17. The maximum absolute atomic E-state index is 11.9. The highest BCUT2D eigenvalue weighted by Crippen LogP contribution is 2.28. The minimum Gasteiger partial charge on any atom is -0.351 e. The molecule has 6 nitrogen and oxygen atoms in total. The van der Waals surface area contributed by atoms with Gasteiger partial charge in [0.2, 0.25) is 0 Å². The molecule has 0 aromatic carbocycles. The summed E-state index contributed by atoms with van der Waals surface area (Å²) in [5, 5.41) is 0. The first kappa shape index (κ1) is 22.8. The number of carbonyl (C=O) groups is 2. The third-order valence-corrected chi connectivity index (χ3v) is 6.81. The van der Waals surface area contributed by atoms with Crippen LogP contribution in [0.15, 0.2) is 0 Å². The largest absolute Gasteiger partial charge is 0.351 e. The summed E-state index contributed by atoms with van der Waals surface area (Å²) < 4.78 is 0. The van der Waals surface area contributed by atoms with Gasteiger partial charge in [-0.2, -0.15) is 0 Å². The first-order valence-corrected chi connectivity index (χ1v) is 11.5. The van der Waals surface area contributed by atoms with E-state index in [0.29, 0.717) is 23.9 Å². The molecule has 6 heteroatoms. The molecule has 0 heterocycles. The van der Waals surface area contributed by atoms with Gasteiger partial charge in [0.25, 0.3) is 0 Å². The average Bonchev–Trinajstić information content (AvgIpc) is 2.63. The molecule has 4 N–H and O–H groups in total. The second-order valence-corrected chi connectivity index (χ2v) is 9.33. The number of rotatable bonds is 9. The van der Waals surface area contributed by atoms with Gasteiger partial charge in [-0.1, -0.05) is 52.4 Å². The first-order valence-electron chi connectivity index (χ1n) is 11.5. The standard InChI is InChI=1S/C22H42N4O2/c1-17-9-7-11-19(15-17)25(21(23)27)13-5-3-4-6-14-26(22(24)28)20-12-8-10-18(2)16-20/h17-20H,3-16H2,1-2H3,(H2,23,27)(H2,24,28). The van der Waals surface area contributed by atoms with Crippen molar-refractivity contribution in [3.05, 3.63) is 0 Å². The Labute approximate surface area is 171 Å². The molecular weight excluding hydrogens is 352 g/mol. The predicted octanol–water partition coefficient (Wildman–Crippen LogP) is 4.47. The van der Waals surface area contributed by atoms with E-state index in [-0.39, 0.29) is 12.1 Å². The number of urea groups is 2. The van der Waals surface area contributed by atoms with E-state index >= 15 is 0 Å². The minimum absolute atomic E-state index is 0.273. The van der Waals surface area contributed by atoms with Crippen LogP contribution in [0.1, 0.15) is 90.9 Å². The van der Waals surface area contributed by atoms with E-state index in [9.17, 15) is 9.59 Å². The second-order valence-electron chi connectivity index (χ2n) is 9.33. The van der Waals surface area contributed by atoms with Crippen LogP contribution < -0.4 is 11.5 Å². The van der Waals surface area contributed by atoms with E-state index < -0.39 is 0 Å². The van der Waals surface area contributed by atoms with Gasteiger partial charge in [0.05, 0.1) is 0 Å². The molecule has 0 aromatic heterocycles. The zero-order chi connectivity index (χ0) is 20.5. The SMILES string of the molecule is CC1CCCC(N(CCCCCCN(C(N)=O)C2CCCC(C)C2)C(N)=O)C1. The molecular formula is C22H42N4O2. The van der Waals surface area contributed by atoms with Crippen molar-refractivity contribution in [2.75, 3.05) is 13.1 Å².